The average Bonchev–Trinajstić information content (AvgIpc) is 2.91. The lowest BCUT2D eigenvalue weighted by atomic mass is 10.1. The van der Waals surface area contributed by atoms with Gasteiger partial charge >= 0.3 is 0 Å². The Hall–Kier alpha value is -2.39. The van der Waals surface area contributed by atoms with Crippen molar-refractivity contribution in [3.63, 3.8) is 0 Å². The van der Waals surface area contributed by atoms with E-state index >= 15 is 0 Å². The van der Waals surface area contributed by atoms with Crippen molar-refractivity contribution in [3.05, 3.63) is 35.0 Å². The zero-order valence-corrected chi connectivity index (χ0v) is 13.2. The van der Waals surface area contributed by atoms with E-state index in [9.17, 15) is 5.26 Å². The van der Waals surface area contributed by atoms with Gasteiger partial charge in [0.25, 0.3) is 0 Å². The van der Waals surface area contributed by atoms with Crippen molar-refractivity contribution in [1.29, 1.82) is 5.26 Å². The van der Waals surface area contributed by atoms with Crippen molar-refractivity contribution in [2.45, 2.75) is 13.8 Å². The predicted molar refractivity (Wildman–Crippen MR) is 85.3 cm³/mol. The van der Waals surface area contributed by atoms with Gasteiger partial charge in [0.1, 0.15) is 6.07 Å². The van der Waals surface area contributed by atoms with Gasteiger partial charge in [-0.25, -0.2) is 0 Å². The van der Waals surface area contributed by atoms with Crippen molar-refractivity contribution in [3.8, 4) is 11.8 Å². The molecule has 2 aromatic rings. The summed E-state index contributed by atoms with van der Waals surface area (Å²) in [5.41, 5.74) is 3.61. The Morgan fingerprint density at radius 3 is 2.23 bits per heavy atom. The smallest absolute Gasteiger partial charge is 0.207 e. The van der Waals surface area contributed by atoms with Crippen molar-refractivity contribution in [1.82, 2.24) is 19.9 Å². The molecule has 0 amide bonds. The van der Waals surface area contributed by atoms with E-state index in [0.29, 0.717) is 11.5 Å². The molecule has 1 aliphatic heterocycles. The standard InChI is InChI=1S/C16H20N6/c1-12-8-13(2)10-14(9-12)22-18-15(11-17)16(19-22)21-6-4-20(3)5-7-21/h8-10H,4-7H2,1-3H3. The van der Waals surface area contributed by atoms with E-state index in [2.05, 4.69) is 39.2 Å². The summed E-state index contributed by atoms with van der Waals surface area (Å²) in [6.45, 7) is 7.79. The molecule has 6 nitrogen and oxygen atoms in total. The number of nitriles is 1. The Morgan fingerprint density at radius 1 is 1.00 bits per heavy atom. The first-order valence-corrected chi connectivity index (χ1v) is 7.46. The average molecular weight is 296 g/mol. The van der Waals surface area contributed by atoms with E-state index in [1.807, 2.05) is 26.0 Å². The third-order valence-corrected chi connectivity index (χ3v) is 3.94. The SMILES string of the molecule is Cc1cc(C)cc(-n2nc(C#N)c(N3CCN(C)CC3)n2)c1. The molecule has 0 saturated carbocycles. The van der Waals surface area contributed by atoms with Gasteiger partial charge in [-0.2, -0.15) is 5.26 Å². The lowest BCUT2D eigenvalue weighted by Gasteiger charge is -2.32. The second kappa shape index (κ2) is 5.78. The van der Waals surface area contributed by atoms with Gasteiger partial charge in [0.05, 0.1) is 5.69 Å². The highest BCUT2D eigenvalue weighted by Gasteiger charge is 2.22. The van der Waals surface area contributed by atoms with Crippen LogP contribution in [0.25, 0.3) is 5.69 Å². The second-order valence-electron chi connectivity index (χ2n) is 5.91. The lowest BCUT2D eigenvalue weighted by molar-refractivity contribution is 0.312. The highest BCUT2D eigenvalue weighted by molar-refractivity contribution is 5.51. The summed E-state index contributed by atoms with van der Waals surface area (Å²) in [5.74, 6) is 0.690. The Balaban J connectivity index is 1.96. The Labute approximate surface area is 130 Å². The zero-order valence-electron chi connectivity index (χ0n) is 13.2. The molecule has 1 aromatic heterocycles. The molecule has 114 valence electrons. The van der Waals surface area contributed by atoms with E-state index in [0.717, 1.165) is 43.0 Å². The molecule has 0 unspecified atom stereocenters. The quantitative estimate of drug-likeness (QED) is 0.840. The molecule has 1 fully saturated rings. The summed E-state index contributed by atoms with van der Waals surface area (Å²) in [6, 6.07) is 8.34. The molecule has 0 spiro atoms. The molecule has 1 aromatic carbocycles. The summed E-state index contributed by atoms with van der Waals surface area (Å²) in [4.78, 5) is 5.99. The number of aromatic nitrogens is 3. The van der Waals surface area contributed by atoms with Crippen LogP contribution in [0.3, 0.4) is 0 Å². The number of hydrogen-bond donors (Lipinski definition) is 0. The van der Waals surface area contributed by atoms with Crippen molar-refractivity contribution in [2.75, 3.05) is 38.1 Å². The largest absolute Gasteiger partial charge is 0.350 e. The summed E-state index contributed by atoms with van der Waals surface area (Å²) in [6.07, 6.45) is 0. The zero-order chi connectivity index (χ0) is 15.7. The van der Waals surface area contributed by atoms with Gasteiger partial charge in [-0.3, -0.25) is 0 Å². The second-order valence-corrected chi connectivity index (χ2v) is 5.91. The van der Waals surface area contributed by atoms with Crippen LogP contribution in [-0.2, 0) is 0 Å². The molecule has 1 saturated heterocycles. The lowest BCUT2D eigenvalue weighted by Crippen LogP contribution is -2.45. The number of hydrogen-bond acceptors (Lipinski definition) is 5. The van der Waals surface area contributed by atoms with Crippen molar-refractivity contribution < 1.29 is 0 Å². The number of anilines is 1. The number of rotatable bonds is 2. The number of benzene rings is 1. The first-order chi connectivity index (χ1) is 10.6. The fourth-order valence-electron chi connectivity index (χ4n) is 2.78. The van der Waals surface area contributed by atoms with Gasteiger partial charge in [0.2, 0.25) is 5.69 Å². The number of piperazine rings is 1. The molecule has 2 heterocycles. The molecule has 0 N–H and O–H groups in total. The van der Waals surface area contributed by atoms with Crippen LogP contribution < -0.4 is 4.90 Å². The van der Waals surface area contributed by atoms with Gasteiger partial charge in [-0.05, 0) is 44.2 Å². The summed E-state index contributed by atoms with van der Waals surface area (Å²) in [5, 5.41) is 18.3. The van der Waals surface area contributed by atoms with Crippen LogP contribution in [0.1, 0.15) is 16.8 Å². The predicted octanol–water partition coefficient (Wildman–Crippen LogP) is 1.51. The van der Waals surface area contributed by atoms with Gasteiger partial charge < -0.3 is 9.80 Å². The van der Waals surface area contributed by atoms with Crippen LogP contribution in [0.15, 0.2) is 18.2 Å². The minimum absolute atomic E-state index is 0.392. The van der Waals surface area contributed by atoms with E-state index < -0.39 is 0 Å². The highest BCUT2D eigenvalue weighted by atomic mass is 15.5. The number of aryl methyl sites for hydroxylation is 2. The van der Waals surface area contributed by atoms with Gasteiger partial charge in [-0.15, -0.1) is 15.0 Å². The van der Waals surface area contributed by atoms with Gasteiger partial charge in [0, 0.05) is 26.2 Å². The van der Waals surface area contributed by atoms with Crippen LogP contribution in [-0.4, -0.2) is 53.1 Å². The molecular weight excluding hydrogens is 276 g/mol. The summed E-state index contributed by atoms with van der Waals surface area (Å²) in [7, 11) is 2.11. The molecule has 0 aliphatic carbocycles. The Bertz CT molecular complexity index is 698. The van der Waals surface area contributed by atoms with Gasteiger partial charge in [-0.1, -0.05) is 6.07 Å². The molecule has 22 heavy (non-hydrogen) atoms. The Morgan fingerprint density at radius 2 is 1.64 bits per heavy atom. The Kier molecular flexibility index (Phi) is 3.82. The van der Waals surface area contributed by atoms with Gasteiger partial charge in [0.15, 0.2) is 5.82 Å². The van der Waals surface area contributed by atoms with Crippen molar-refractivity contribution >= 4 is 5.82 Å². The molecule has 0 atom stereocenters. The first-order valence-electron chi connectivity index (χ1n) is 7.46. The molecule has 1 aliphatic rings. The fourth-order valence-corrected chi connectivity index (χ4v) is 2.78. The van der Waals surface area contributed by atoms with Crippen LogP contribution in [0.2, 0.25) is 0 Å². The van der Waals surface area contributed by atoms with Crippen LogP contribution in [0.4, 0.5) is 5.82 Å². The minimum Gasteiger partial charge on any atom is -0.350 e. The molecule has 0 radical (unpaired) electrons. The third kappa shape index (κ3) is 2.81. The fraction of sp³-hybridized carbons (Fsp3) is 0.438. The minimum atomic E-state index is 0.392. The van der Waals surface area contributed by atoms with E-state index in [1.165, 1.54) is 0 Å². The van der Waals surface area contributed by atoms with E-state index in [4.69, 9.17) is 0 Å². The normalized spacial score (nSPS) is 15.8. The molecular formula is C16H20N6. The van der Waals surface area contributed by atoms with Crippen molar-refractivity contribution in [2.24, 2.45) is 0 Å². The van der Waals surface area contributed by atoms with E-state index in [-0.39, 0.29) is 0 Å². The number of nitrogens with zero attached hydrogens (tertiary/aromatic N) is 6. The highest BCUT2D eigenvalue weighted by Crippen LogP contribution is 2.20. The maximum Gasteiger partial charge on any atom is 0.207 e. The third-order valence-electron chi connectivity index (χ3n) is 3.94. The molecule has 3 rings (SSSR count). The summed E-state index contributed by atoms with van der Waals surface area (Å²) < 4.78 is 0. The van der Waals surface area contributed by atoms with Crippen LogP contribution in [0.5, 0.6) is 0 Å². The monoisotopic (exact) mass is 296 g/mol. The maximum absolute atomic E-state index is 9.37. The number of likely N-dealkylation sites (N-methyl/N-ethyl adjacent to an activating group) is 1. The topological polar surface area (TPSA) is 61.0 Å². The van der Waals surface area contributed by atoms with Crippen LogP contribution in [0, 0.1) is 25.2 Å². The summed E-state index contributed by atoms with van der Waals surface area (Å²) >= 11 is 0. The molecule has 0 bridgehead atoms. The van der Waals surface area contributed by atoms with E-state index in [1.54, 1.807) is 4.80 Å². The molecule has 6 heteroatoms. The van der Waals surface area contributed by atoms with Crippen LogP contribution >= 0.6 is 0 Å². The maximum atomic E-state index is 9.37. The first kappa shape index (κ1) is 14.5.